The average Bonchev–Trinajstić information content (AvgIpc) is 2.79. The summed E-state index contributed by atoms with van der Waals surface area (Å²) in [6.45, 7) is 1.87. The van der Waals surface area contributed by atoms with Crippen molar-refractivity contribution >= 4 is 0 Å². The molecule has 4 rings (SSSR count). The second kappa shape index (κ2) is 4.30. The van der Waals surface area contributed by atoms with E-state index in [0.29, 0.717) is 0 Å². The zero-order chi connectivity index (χ0) is 11.9. The van der Waals surface area contributed by atoms with E-state index in [1.165, 1.54) is 38.5 Å². The Morgan fingerprint density at radius 2 is 2.11 bits per heavy atom. The normalized spacial score (nSPS) is 34.3. The molecule has 3 atom stereocenters. The van der Waals surface area contributed by atoms with Gasteiger partial charge in [0, 0.05) is 12.6 Å². The van der Waals surface area contributed by atoms with Crippen molar-refractivity contribution in [2.45, 2.75) is 57.7 Å². The predicted octanol–water partition coefficient (Wildman–Crippen LogP) is 1.36. The van der Waals surface area contributed by atoms with Crippen LogP contribution in [0.2, 0.25) is 0 Å². The first-order valence-electron chi connectivity index (χ1n) is 7.37. The summed E-state index contributed by atoms with van der Waals surface area (Å²) in [5, 5.41) is 15.7. The minimum absolute atomic E-state index is 0.720. The van der Waals surface area contributed by atoms with Crippen molar-refractivity contribution in [3.8, 4) is 0 Å². The lowest BCUT2D eigenvalue weighted by molar-refractivity contribution is 0.279. The van der Waals surface area contributed by atoms with Gasteiger partial charge in [0.15, 0.2) is 5.82 Å². The molecule has 1 aromatic rings. The molecule has 3 fully saturated rings. The van der Waals surface area contributed by atoms with E-state index in [0.717, 1.165) is 42.7 Å². The predicted molar refractivity (Wildman–Crippen MR) is 66.6 cm³/mol. The first-order valence-corrected chi connectivity index (χ1v) is 7.37. The Morgan fingerprint density at radius 3 is 2.83 bits per heavy atom. The highest BCUT2D eigenvalue weighted by Gasteiger charge is 2.39. The first-order chi connectivity index (χ1) is 8.88. The highest BCUT2D eigenvalue weighted by Crippen LogP contribution is 2.48. The topological polar surface area (TPSA) is 55.6 Å². The summed E-state index contributed by atoms with van der Waals surface area (Å²) in [7, 11) is 0. The van der Waals surface area contributed by atoms with E-state index in [1.54, 1.807) is 0 Å². The molecule has 3 saturated carbocycles. The van der Waals surface area contributed by atoms with Gasteiger partial charge in [-0.05, 0) is 60.3 Å². The van der Waals surface area contributed by atoms with Crippen molar-refractivity contribution in [3.63, 3.8) is 0 Å². The second-order valence-electron chi connectivity index (χ2n) is 6.37. The number of nitrogens with zero attached hydrogens (tertiary/aromatic N) is 4. The van der Waals surface area contributed by atoms with E-state index in [-0.39, 0.29) is 0 Å². The molecular formula is C13H21N5. The molecule has 2 bridgehead atoms. The van der Waals surface area contributed by atoms with Crippen LogP contribution in [0.15, 0.2) is 0 Å². The molecule has 1 heterocycles. The number of rotatable bonds is 5. The molecule has 3 aliphatic rings. The van der Waals surface area contributed by atoms with Gasteiger partial charge in [-0.2, -0.15) is 0 Å². The van der Waals surface area contributed by atoms with Crippen molar-refractivity contribution in [2.24, 2.45) is 17.8 Å². The van der Waals surface area contributed by atoms with E-state index in [2.05, 4.69) is 20.8 Å². The number of nitrogens with one attached hydrogen (secondary N) is 1. The van der Waals surface area contributed by atoms with Crippen LogP contribution >= 0.6 is 0 Å². The number of fused-ring (bicyclic) bond motifs is 2. The Kier molecular flexibility index (Phi) is 2.60. The molecule has 5 heteroatoms. The summed E-state index contributed by atoms with van der Waals surface area (Å²) in [5.74, 6) is 3.80. The minimum Gasteiger partial charge on any atom is -0.307 e. The molecule has 3 unspecified atom stereocenters. The van der Waals surface area contributed by atoms with Gasteiger partial charge in [-0.25, -0.2) is 4.68 Å². The summed E-state index contributed by atoms with van der Waals surface area (Å²) >= 11 is 0. The van der Waals surface area contributed by atoms with Gasteiger partial charge in [-0.15, -0.1) is 5.10 Å². The maximum absolute atomic E-state index is 4.18. The quantitative estimate of drug-likeness (QED) is 0.853. The third kappa shape index (κ3) is 2.05. The van der Waals surface area contributed by atoms with Crippen LogP contribution in [0.25, 0.3) is 0 Å². The highest BCUT2D eigenvalue weighted by molar-refractivity contribution is 4.92. The fourth-order valence-corrected chi connectivity index (χ4v) is 3.84. The van der Waals surface area contributed by atoms with Crippen molar-refractivity contribution in [3.05, 3.63) is 5.82 Å². The minimum atomic E-state index is 0.720. The van der Waals surface area contributed by atoms with Crippen molar-refractivity contribution < 1.29 is 0 Å². The van der Waals surface area contributed by atoms with E-state index >= 15 is 0 Å². The lowest BCUT2D eigenvalue weighted by Crippen LogP contribution is -2.23. The highest BCUT2D eigenvalue weighted by atomic mass is 15.5. The van der Waals surface area contributed by atoms with Crippen LogP contribution in [0.3, 0.4) is 0 Å². The zero-order valence-electron chi connectivity index (χ0n) is 10.8. The van der Waals surface area contributed by atoms with Gasteiger partial charge in [0.1, 0.15) is 0 Å². The van der Waals surface area contributed by atoms with Gasteiger partial charge >= 0.3 is 0 Å². The van der Waals surface area contributed by atoms with Gasteiger partial charge < -0.3 is 5.32 Å². The fourth-order valence-electron chi connectivity index (χ4n) is 3.84. The lowest BCUT2D eigenvalue weighted by atomic mass is 9.89. The largest absolute Gasteiger partial charge is 0.307 e. The standard InChI is InChI=1S/C13H21N5/c1-2-10-5-9(1)6-11(10)8-18-13(15-16-17-18)7-14-12-3-4-12/h9-12,14H,1-8H2. The molecular weight excluding hydrogens is 226 g/mol. The third-order valence-corrected chi connectivity index (χ3v) is 5.02. The fraction of sp³-hybridized carbons (Fsp3) is 0.923. The molecule has 18 heavy (non-hydrogen) atoms. The molecule has 3 aliphatic carbocycles. The van der Waals surface area contributed by atoms with Crippen molar-refractivity contribution in [1.82, 2.24) is 25.5 Å². The van der Waals surface area contributed by atoms with Gasteiger partial charge in [0.25, 0.3) is 0 Å². The van der Waals surface area contributed by atoms with Crippen LogP contribution in [0.5, 0.6) is 0 Å². The molecule has 1 N–H and O–H groups in total. The molecule has 0 aromatic carbocycles. The Morgan fingerprint density at radius 1 is 1.17 bits per heavy atom. The van der Waals surface area contributed by atoms with Gasteiger partial charge in [0.2, 0.25) is 0 Å². The SMILES string of the molecule is C(NC1CC1)c1nnnn1CC1CC2CCC1C2. The Labute approximate surface area is 107 Å². The molecule has 1 aromatic heterocycles. The Bertz CT molecular complexity index is 425. The van der Waals surface area contributed by atoms with E-state index in [4.69, 9.17) is 0 Å². The maximum atomic E-state index is 4.18. The Balaban J connectivity index is 1.39. The molecule has 0 spiro atoms. The summed E-state index contributed by atoms with van der Waals surface area (Å²) in [5.41, 5.74) is 0. The van der Waals surface area contributed by atoms with E-state index in [1.807, 2.05) is 4.68 Å². The van der Waals surface area contributed by atoms with Crippen LogP contribution in [0, 0.1) is 17.8 Å². The van der Waals surface area contributed by atoms with E-state index in [9.17, 15) is 0 Å². The number of tetrazole rings is 1. The number of hydrogen-bond acceptors (Lipinski definition) is 4. The monoisotopic (exact) mass is 247 g/mol. The maximum Gasteiger partial charge on any atom is 0.165 e. The second-order valence-corrected chi connectivity index (χ2v) is 6.37. The zero-order valence-corrected chi connectivity index (χ0v) is 10.8. The smallest absolute Gasteiger partial charge is 0.165 e. The van der Waals surface area contributed by atoms with Crippen LogP contribution < -0.4 is 5.32 Å². The lowest BCUT2D eigenvalue weighted by Gasteiger charge is -2.21. The van der Waals surface area contributed by atoms with Crippen molar-refractivity contribution in [1.29, 1.82) is 0 Å². The van der Waals surface area contributed by atoms with Crippen LogP contribution in [-0.2, 0) is 13.1 Å². The first kappa shape index (κ1) is 10.9. The van der Waals surface area contributed by atoms with Gasteiger partial charge in [-0.1, -0.05) is 6.42 Å². The van der Waals surface area contributed by atoms with Crippen LogP contribution in [-0.4, -0.2) is 26.2 Å². The molecule has 0 saturated heterocycles. The molecule has 5 nitrogen and oxygen atoms in total. The molecule has 0 aliphatic heterocycles. The Hall–Kier alpha value is -0.970. The summed E-state index contributed by atoms with van der Waals surface area (Å²) < 4.78 is 2.04. The van der Waals surface area contributed by atoms with E-state index < -0.39 is 0 Å². The number of hydrogen-bond donors (Lipinski definition) is 1. The third-order valence-electron chi connectivity index (χ3n) is 5.02. The number of aromatic nitrogens is 4. The molecule has 0 radical (unpaired) electrons. The summed E-state index contributed by atoms with van der Waals surface area (Å²) in [6, 6.07) is 0.720. The average molecular weight is 247 g/mol. The van der Waals surface area contributed by atoms with Gasteiger partial charge in [-0.3, -0.25) is 0 Å². The molecule has 0 amide bonds. The van der Waals surface area contributed by atoms with Crippen LogP contribution in [0.1, 0.15) is 44.3 Å². The van der Waals surface area contributed by atoms with Crippen LogP contribution in [0.4, 0.5) is 0 Å². The van der Waals surface area contributed by atoms with Crippen molar-refractivity contribution in [2.75, 3.05) is 0 Å². The molecule has 98 valence electrons. The van der Waals surface area contributed by atoms with Gasteiger partial charge in [0.05, 0.1) is 6.54 Å². The summed E-state index contributed by atoms with van der Waals surface area (Å²) in [6.07, 6.45) is 8.39. The summed E-state index contributed by atoms with van der Waals surface area (Å²) in [4.78, 5) is 0.